The van der Waals surface area contributed by atoms with E-state index in [9.17, 15) is 10.2 Å². The van der Waals surface area contributed by atoms with Gasteiger partial charge < -0.3 is 25.4 Å². The SMILES string of the molecule is CN=C1N[C@@H]2[C@@H](O)[C@H](O)[C@@H](CO)C[C@@H]2O1. The van der Waals surface area contributed by atoms with Gasteiger partial charge >= 0.3 is 0 Å². The van der Waals surface area contributed by atoms with Crippen LogP contribution in [0, 0.1) is 5.92 Å². The first-order valence-electron chi connectivity index (χ1n) is 5.04. The first-order chi connectivity index (χ1) is 7.17. The minimum absolute atomic E-state index is 0.149. The second-order valence-electron chi connectivity index (χ2n) is 4.01. The molecule has 0 spiro atoms. The highest BCUT2D eigenvalue weighted by atomic mass is 16.5. The zero-order valence-electron chi connectivity index (χ0n) is 8.50. The van der Waals surface area contributed by atoms with Crippen molar-refractivity contribution in [2.24, 2.45) is 10.9 Å². The van der Waals surface area contributed by atoms with Gasteiger partial charge in [0.15, 0.2) is 0 Å². The van der Waals surface area contributed by atoms with Gasteiger partial charge in [0.25, 0.3) is 6.02 Å². The number of aliphatic hydroxyl groups is 3. The number of nitrogens with zero attached hydrogens (tertiary/aromatic N) is 1. The van der Waals surface area contributed by atoms with Gasteiger partial charge in [-0.15, -0.1) is 0 Å². The van der Waals surface area contributed by atoms with E-state index in [4.69, 9.17) is 9.84 Å². The van der Waals surface area contributed by atoms with Gasteiger partial charge in [-0.25, -0.2) is 4.99 Å². The lowest BCUT2D eigenvalue weighted by Crippen LogP contribution is -2.56. The Hall–Kier alpha value is -0.850. The van der Waals surface area contributed by atoms with E-state index < -0.39 is 12.2 Å². The normalized spacial score (nSPS) is 47.2. The zero-order valence-corrected chi connectivity index (χ0v) is 8.50. The van der Waals surface area contributed by atoms with Gasteiger partial charge in [-0.05, 0) is 6.42 Å². The highest BCUT2D eigenvalue weighted by molar-refractivity contribution is 5.76. The molecule has 0 bridgehead atoms. The van der Waals surface area contributed by atoms with Crippen LogP contribution in [0.5, 0.6) is 0 Å². The first-order valence-corrected chi connectivity index (χ1v) is 5.04. The fraction of sp³-hybridized carbons (Fsp3) is 0.889. The van der Waals surface area contributed by atoms with Crippen LogP contribution in [-0.4, -0.2) is 59.3 Å². The molecule has 5 atom stereocenters. The number of nitrogens with one attached hydrogen (secondary N) is 1. The Morgan fingerprint density at radius 2 is 2.20 bits per heavy atom. The number of aliphatic imine (C=N–C) groups is 1. The molecule has 2 fully saturated rings. The zero-order chi connectivity index (χ0) is 11.0. The molecule has 0 amide bonds. The maximum atomic E-state index is 9.80. The van der Waals surface area contributed by atoms with Crippen molar-refractivity contribution in [3.05, 3.63) is 0 Å². The number of fused-ring (bicyclic) bond motifs is 1. The van der Waals surface area contributed by atoms with Gasteiger partial charge in [-0.3, -0.25) is 0 Å². The van der Waals surface area contributed by atoms with Gasteiger partial charge in [-0.1, -0.05) is 0 Å². The fourth-order valence-electron chi connectivity index (χ4n) is 2.22. The summed E-state index contributed by atoms with van der Waals surface area (Å²) in [5.74, 6) is -0.334. The molecule has 1 saturated carbocycles. The fourth-order valence-corrected chi connectivity index (χ4v) is 2.22. The van der Waals surface area contributed by atoms with E-state index in [0.717, 1.165) is 0 Å². The van der Waals surface area contributed by atoms with Crippen molar-refractivity contribution in [1.29, 1.82) is 0 Å². The van der Waals surface area contributed by atoms with Crippen molar-refractivity contribution in [1.82, 2.24) is 5.32 Å². The summed E-state index contributed by atoms with van der Waals surface area (Å²) in [4.78, 5) is 3.85. The molecule has 86 valence electrons. The molecule has 6 heteroatoms. The quantitative estimate of drug-likeness (QED) is 0.409. The van der Waals surface area contributed by atoms with Crippen molar-refractivity contribution in [3.8, 4) is 0 Å². The smallest absolute Gasteiger partial charge is 0.285 e. The summed E-state index contributed by atoms with van der Waals surface area (Å²) in [6.45, 7) is -0.149. The maximum Gasteiger partial charge on any atom is 0.285 e. The van der Waals surface area contributed by atoms with E-state index in [0.29, 0.717) is 12.4 Å². The summed E-state index contributed by atoms with van der Waals surface area (Å²) < 4.78 is 5.42. The molecule has 4 N–H and O–H groups in total. The van der Waals surface area contributed by atoms with Crippen LogP contribution < -0.4 is 5.32 Å². The average molecular weight is 216 g/mol. The maximum absolute atomic E-state index is 9.80. The van der Waals surface area contributed by atoms with E-state index in [-0.39, 0.29) is 24.7 Å². The van der Waals surface area contributed by atoms with E-state index in [1.54, 1.807) is 7.05 Å². The summed E-state index contributed by atoms with van der Waals surface area (Å²) in [6, 6.07) is 0.0522. The van der Waals surface area contributed by atoms with Crippen molar-refractivity contribution >= 4 is 6.02 Å². The molecule has 0 radical (unpaired) electrons. The molecular formula is C9H16N2O4. The Bertz CT molecular complexity index is 271. The third kappa shape index (κ3) is 1.68. The largest absolute Gasteiger partial charge is 0.460 e. The van der Waals surface area contributed by atoms with Gasteiger partial charge in [0, 0.05) is 19.6 Å². The van der Waals surface area contributed by atoms with Gasteiger partial charge in [-0.2, -0.15) is 0 Å². The number of ether oxygens (including phenoxy) is 1. The first kappa shape index (κ1) is 10.7. The van der Waals surface area contributed by atoms with Crippen LogP contribution in [0.1, 0.15) is 6.42 Å². The van der Waals surface area contributed by atoms with Crippen LogP contribution in [0.15, 0.2) is 4.99 Å². The molecule has 0 aromatic carbocycles. The minimum atomic E-state index is -0.930. The number of hydrogen-bond donors (Lipinski definition) is 4. The summed E-state index contributed by atoms with van der Waals surface area (Å²) in [5, 5.41) is 31.5. The molecule has 1 heterocycles. The molecule has 1 saturated heterocycles. The number of amidine groups is 1. The standard InChI is InChI=1S/C9H16N2O4/c1-10-9-11-6-5(15-9)2-4(3-12)7(13)8(6)14/h4-8,12-14H,2-3H2,1H3,(H,10,11)/t4-,5+,6+,7-,8-/m1/s1. The lowest BCUT2D eigenvalue weighted by molar-refractivity contribution is -0.0948. The lowest BCUT2D eigenvalue weighted by atomic mass is 9.80. The Labute approximate surface area is 87.6 Å². The van der Waals surface area contributed by atoms with E-state index in [2.05, 4.69) is 10.3 Å². The number of aliphatic hydroxyl groups excluding tert-OH is 3. The molecule has 0 unspecified atom stereocenters. The van der Waals surface area contributed by atoms with Gasteiger partial charge in [0.1, 0.15) is 12.2 Å². The Kier molecular flexibility index (Phi) is 2.81. The van der Waals surface area contributed by atoms with Crippen molar-refractivity contribution < 1.29 is 20.1 Å². The van der Waals surface area contributed by atoms with Crippen LogP contribution in [0.3, 0.4) is 0 Å². The van der Waals surface area contributed by atoms with Gasteiger partial charge in [0.2, 0.25) is 0 Å². The van der Waals surface area contributed by atoms with Gasteiger partial charge in [0.05, 0.1) is 12.1 Å². The van der Waals surface area contributed by atoms with Crippen LogP contribution >= 0.6 is 0 Å². The second-order valence-corrected chi connectivity index (χ2v) is 4.01. The summed E-state index contributed by atoms with van der Waals surface area (Å²) in [5.41, 5.74) is 0. The third-order valence-corrected chi connectivity index (χ3v) is 3.13. The molecule has 0 aromatic heterocycles. The van der Waals surface area contributed by atoms with Crippen molar-refractivity contribution in [3.63, 3.8) is 0 Å². The Morgan fingerprint density at radius 3 is 2.80 bits per heavy atom. The number of hydrogen-bond acceptors (Lipinski definition) is 5. The molecule has 2 rings (SSSR count). The summed E-state index contributed by atoms with van der Waals surface area (Å²) in [6.07, 6.45) is -1.55. The van der Waals surface area contributed by atoms with E-state index in [1.165, 1.54) is 0 Å². The highest BCUT2D eigenvalue weighted by Crippen LogP contribution is 2.30. The predicted molar refractivity (Wildman–Crippen MR) is 52.4 cm³/mol. The summed E-state index contributed by atoms with van der Waals surface area (Å²) in [7, 11) is 1.59. The molecule has 2 aliphatic rings. The Morgan fingerprint density at radius 1 is 1.47 bits per heavy atom. The average Bonchev–Trinajstić information content (AvgIpc) is 2.66. The van der Waals surface area contributed by atoms with Crippen LogP contribution in [0.25, 0.3) is 0 Å². The van der Waals surface area contributed by atoms with Crippen molar-refractivity contribution in [2.75, 3.05) is 13.7 Å². The van der Waals surface area contributed by atoms with E-state index >= 15 is 0 Å². The van der Waals surface area contributed by atoms with E-state index in [1.807, 2.05) is 0 Å². The lowest BCUT2D eigenvalue weighted by Gasteiger charge is -2.37. The molecule has 1 aliphatic heterocycles. The topological polar surface area (TPSA) is 94.3 Å². The molecule has 0 aromatic rings. The Balaban J connectivity index is 2.13. The number of rotatable bonds is 1. The highest BCUT2D eigenvalue weighted by Gasteiger charge is 2.48. The van der Waals surface area contributed by atoms with Crippen molar-refractivity contribution in [2.45, 2.75) is 30.8 Å². The third-order valence-electron chi connectivity index (χ3n) is 3.13. The van der Waals surface area contributed by atoms with Crippen LogP contribution in [0.2, 0.25) is 0 Å². The predicted octanol–water partition coefficient (Wildman–Crippen LogP) is -1.94. The molecule has 6 nitrogen and oxygen atoms in total. The van der Waals surface area contributed by atoms with Crippen LogP contribution in [0.4, 0.5) is 0 Å². The minimum Gasteiger partial charge on any atom is -0.460 e. The monoisotopic (exact) mass is 216 g/mol. The molecule has 15 heavy (non-hydrogen) atoms. The molecule has 1 aliphatic carbocycles. The van der Waals surface area contributed by atoms with Crippen LogP contribution in [-0.2, 0) is 4.74 Å². The summed E-state index contributed by atoms with van der Waals surface area (Å²) >= 11 is 0. The molecular weight excluding hydrogens is 200 g/mol. The second kappa shape index (κ2) is 3.96.